The lowest BCUT2D eigenvalue weighted by molar-refractivity contribution is -0.118. The normalized spacial score (nSPS) is 14.7. The molecule has 0 aliphatic carbocycles. The Morgan fingerprint density at radius 1 is 1.23 bits per heavy atom. The summed E-state index contributed by atoms with van der Waals surface area (Å²) in [6.45, 7) is 5.22. The van der Waals surface area contributed by atoms with Crippen LogP contribution in [0, 0.1) is 11.7 Å². The van der Waals surface area contributed by atoms with Gasteiger partial charge < -0.3 is 10.2 Å². The average molecular weight is 442 g/mol. The van der Waals surface area contributed by atoms with Crippen molar-refractivity contribution in [3.05, 3.63) is 51.6 Å². The lowest BCUT2D eigenvalue weighted by Crippen LogP contribution is -2.29. The molecule has 30 heavy (non-hydrogen) atoms. The number of thiophene rings is 1. The van der Waals surface area contributed by atoms with Crippen LogP contribution >= 0.6 is 23.6 Å². The minimum atomic E-state index is -0.578. The number of benzene rings is 1. The summed E-state index contributed by atoms with van der Waals surface area (Å²) in [6, 6.07) is 8.72. The molecule has 1 unspecified atom stereocenters. The first-order valence-corrected chi connectivity index (χ1v) is 11.2. The van der Waals surface area contributed by atoms with Gasteiger partial charge in [-0.3, -0.25) is 19.3 Å². The van der Waals surface area contributed by atoms with E-state index in [1.165, 1.54) is 11.3 Å². The third-order valence-corrected chi connectivity index (χ3v) is 6.58. The maximum atomic E-state index is 13.1. The van der Waals surface area contributed by atoms with Crippen molar-refractivity contribution >= 4 is 41.1 Å². The Labute approximate surface area is 183 Å². The lowest BCUT2D eigenvalue weighted by atomic mass is 10.1. The Balaban J connectivity index is 1.58. The number of H-pyrrole nitrogens is 1. The van der Waals surface area contributed by atoms with Crippen molar-refractivity contribution in [3.63, 3.8) is 0 Å². The molecule has 2 N–H and O–H groups in total. The quantitative estimate of drug-likeness (QED) is 0.575. The van der Waals surface area contributed by atoms with Crippen LogP contribution in [-0.2, 0) is 4.79 Å². The molecule has 0 bridgehead atoms. The van der Waals surface area contributed by atoms with E-state index in [0.29, 0.717) is 21.8 Å². The summed E-state index contributed by atoms with van der Waals surface area (Å²) in [7, 11) is 0. The molecule has 9 heteroatoms. The van der Waals surface area contributed by atoms with E-state index in [1.807, 2.05) is 41.5 Å². The fourth-order valence-electron chi connectivity index (χ4n) is 3.69. The molecule has 1 aliphatic rings. The Kier molecular flexibility index (Phi) is 5.83. The second-order valence-corrected chi connectivity index (χ2v) is 8.68. The van der Waals surface area contributed by atoms with E-state index in [0.717, 1.165) is 36.4 Å². The maximum Gasteiger partial charge on any atom is 0.254 e. The van der Waals surface area contributed by atoms with Gasteiger partial charge in [-0.1, -0.05) is 12.1 Å². The predicted molar refractivity (Wildman–Crippen MR) is 120 cm³/mol. The number of aromatic nitrogens is 3. The smallest absolute Gasteiger partial charge is 0.254 e. The number of hydrogen-bond donors (Lipinski definition) is 2. The standard InChI is InChI=1S/C21H23N5O2S2/c1-13-15(20(28)25-10-3-4-11-25)7-5-8-16(13)22-19(27)14(2)26-18(23-24-21(26)29)17-9-6-12-30-17/h5-9,12,14H,3-4,10-11H2,1-2H3,(H,22,27)(H,24,29). The number of carbonyl (C=O) groups excluding carboxylic acids is 2. The summed E-state index contributed by atoms with van der Waals surface area (Å²) < 4.78 is 2.10. The molecule has 2 aromatic heterocycles. The van der Waals surface area contributed by atoms with Crippen molar-refractivity contribution in [1.29, 1.82) is 0 Å². The van der Waals surface area contributed by atoms with Gasteiger partial charge in [0.25, 0.3) is 5.91 Å². The van der Waals surface area contributed by atoms with Gasteiger partial charge in [0.1, 0.15) is 6.04 Å². The molecule has 0 radical (unpaired) electrons. The van der Waals surface area contributed by atoms with Gasteiger partial charge in [-0.15, -0.1) is 11.3 Å². The van der Waals surface area contributed by atoms with E-state index < -0.39 is 6.04 Å². The maximum absolute atomic E-state index is 13.1. The first-order valence-electron chi connectivity index (χ1n) is 9.88. The lowest BCUT2D eigenvalue weighted by Gasteiger charge is -2.20. The minimum absolute atomic E-state index is 0.0196. The molecule has 0 saturated carbocycles. The van der Waals surface area contributed by atoms with Gasteiger partial charge in [0.2, 0.25) is 5.91 Å². The second kappa shape index (κ2) is 8.53. The van der Waals surface area contributed by atoms with Crippen molar-refractivity contribution in [2.24, 2.45) is 0 Å². The Morgan fingerprint density at radius 2 is 2.00 bits per heavy atom. The zero-order chi connectivity index (χ0) is 21.3. The number of rotatable bonds is 5. The minimum Gasteiger partial charge on any atom is -0.339 e. The largest absolute Gasteiger partial charge is 0.339 e. The van der Waals surface area contributed by atoms with Crippen LogP contribution in [0.3, 0.4) is 0 Å². The van der Waals surface area contributed by atoms with E-state index in [4.69, 9.17) is 12.2 Å². The van der Waals surface area contributed by atoms with Crippen LogP contribution in [0.25, 0.3) is 10.7 Å². The number of anilines is 1. The highest BCUT2D eigenvalue weighted by Crippen LogP contribution is 2.27. The van der Waals surface area contributed by atoms with Gasteiger partial charge in [0.15, 0.2) is 10.6 Å². The van der Waals surface area contributed by atoms with Crippen LogP contribution in [0.4, 0.5) is 5.69 Å². The van der Waals surface area contributed by atoms with Gasteiger partial charge in [-0.25, -0.2) is 0 Å². The topological polar surface area (TPSA) is 83.0 Å². The average Bonchev–Trinajstić information content (AvgIpc) is 3.50. The van der Waals surface area contributed by atoms with E-state index in [9.17, 15) is 9.59 Å². The van der Waals surface area contributed by atoms with Crippen LogP contribution < -0.4 is 5.32 Å². The van der Waals surface area contributed by atoms with Crippen molar-refractivity contribution in [2.45, 2.75) is 32.7 Å². The molecule has 4 rings (SSSR count). The summed E-state index contributed by atoms with van der Waals surface area (Å²) in [5.41, 5.74) is 2.02. The van der Waals surface area contributed by atoms with Gasteiger partial charge in [0.05, 0.1) is 4.88 Å². The number of carbonyl (C=O) groups is 2. The molecule has 156 valence electrons. The molecule has 1 fully saturated rings. The molecule has 1 aliphatic heterocycles. The van der Waals surface area contributed by atoms with Crippen molar-refractivity contribution in [3.8, 4) is 10.7 Å². The number of hydrogen-bond acceptors (Lipinski definition) is 5. The van der Waals surface area contributed by atoms with Gasteiger partial charge >= 0.3 is 0 Å². The Bertz CT molecular complexity index is 1130. The molecule has 1 aromatic carbocycles. The SMILES string of the molecule is Cc1c(NC(=O)C(C)n2c(-c3cccs3)n[nH]c2=S)cccc1C(=O)N1CCCC1. The van der Waals surface area contributed by atoms with E-state index in [1.54, 1.807) is 17.6 Å². The summed E-state index contributed by atoms with van der Waals surface area (Å²) in [6.07, 6.45) is 2.08. The van der Waals surface area contributed by atoms with Crippen molar-refractivity contribution < 1.29 is 9.59 Å². The first kappa shape index (κ1) is 20.5. The molecule has 3 aromatic rings. The van der Waals surface area contributed by atoms with Gasteiger partial charge in [-0.05, 0) is 68.0 Å². The molecule has 1 saturated heterocycles. The summed E-state index contributed by atoms with van der Waals surface area (Å²) in [5.74, 6) is 0.428. The summed E-state index contributed by atoms with van der Waals surface area (Å²) >= 11 is 6.90. The van der Waals surface area contributed by atoms with Crippen LogP contribution in [0.15, 0.2) is 35.7 Å². The molecular weight excluding hydrogens is 418 g/mol. The van der Waals surface area contributed by atoms with Gasteiger partial charge in [-0.2, -0.15) is 5.10 Å². The zero-order valence-electron chi connectivity index (χ0n) is 16.8. The molecule has 3 heterocycles. The highest BCUT2D eigenvalue weighted by molar-refractivity contribution is 7.71. The van der Waals surface area contributed by atoms with E-state index in [2.05, 4.69) is 15.5 Å². The molecular formula is C21H23N5O2S2. The third kappa shape index (κ3) is 3.82. The Hall–Kier alpha value is -2.78. The summed E-state index contributed by atoms with van der Waals surface area (Å²) in [5, 5.41) is 12.0. The molecule has 7 nitrogen and oxygen atoms in total. The van der Waals surface area contributed by atoms with Crippen LogP contribution in [0.2, 0.25) is 0 Å². The number of amides is 2. The molecule has 1 atom stereocenters. The monoisotopic (exact) mass is 441 g/mol. The first-order chi connectivity index (χ1) is 14.5. The van der Waals surface area contributed by atoms with Gasteiger partial charge in [0, 0.05) is 24.3 Å². The second-order valence-electron chi connectivity index (χ2n) is 7.34. The highest BCUT2D eigenvalue weighted by Gasteiger charge is 2.24. The number of aromatic amines is 1. The van der Waals surface area contributed by atoms with Crippen molar-refractivity contribution in [1.82, 2.24) is 19.7 Å². The zero-order valence-corrected chi connectivity index (χ0v) is 18.5. The number of nitrogens with zero attached hydrogens (tertiary/aromatic N) is 3. The fraction of sp³-hybridized carbons (Fsp3) is 0.333. The van der Waals surface area contributed by atoms with Crippen LogP contribution in [0.1, 0.15) is 41.7 Å². The fourth-order valence-corrected chi connectivity index (χ4v) is 4.69. The van der Waals surface area contributed by atoms with Crippen LogP contribution in [-0.4, -0.2) is 44.6 Å². The predicted octanol–water partition coefficient (Wildman–Crippen LogP) is 4.41. The van der Waals surface area contributed by atoms with E-state index >= 15 is 0 Å². The molecule has 0 spiro atoms. The number of nitrogens with one attached hydrogen (secondary N) is 2. The van der Waals surface area contributed by atoms with E-state index in [-0.39, 0.29) is 11.8 Å². The highest BCUT2D eigenvalue weighted by atomic mass is 32.1. The Morgan fingerprint density at radius 3 is 2.70 bits per heavy atom. The third-order valence-electron chi connectivity index (χ3n) is 5.43. The molecule has 2 amide bonds. The summed E-state index contributed by atoms with van der Waals surface area (Å²) in [4.78, 5) is 28.7. The number of likely N-dealkylation sites (tertiary alicyclic amines) is 1. The van der Waals surface area contributed by atoms with Crippen LogP contribution in [0.5, 0.6) is 0 Å². The van der Waals surface area contributed by atoms with Crippen molar-refractivity contribution in [2.75, 3.05) is 18.4 Å².